The van der Waals surface area contributed by atoms with Gasteiger partial charge in [-0.05, 0) is 69.5 Å². The monoisotopic (exact) mass is 568 g/mol. The van der Waals surface area contributed by atoms with Crippen molar-refractivity contribution in [3.05, 3.63) is 196 Å². The lowest BCUT2D eigenvalue weighted by molar-refractivity contribution is 1.23. The van der Waals surface area contributed by atoms with E-state index in [0.717, 1.165) is 40.0 Å². The van der Waals surface area contributed by atoms with Crippen molar-refractivity contribution in [3.8, 4) is 11.1 Å². The van der Waals surface area contributed by atoms with Crippen LogP contribution in [0.2, 0.25) is 0 Å². The lowest BCUT2D eigenvalue weighted by Gasteiger charge is -2.14. The highest BCUT2D eigenvalue weighted by molar-refractivity contribution is 6.21. The molecule has 0 aliphatic heterocycles. The quantitative estimate of drug-likeness (QED) is 0.118. The number of aryl methyl sites for hydroxylation is 1. The van der Waals surface area contributed by atoms with E-state index in [4.69, 9.17) is 5.84 Å². The van der Waals surface area contributed by atoms with Crippen molar-refractivity contribution in [1.29, 1.82) is 0 Å². The standard InChI is InChI=1S/C42H36N2/c1-3-4-13-33(37-18-11-12-30(2)27-37)21-19-31-20-26-39-38(28-31)29-40(42(39)44-43)41(35-16-9-6-10-17-35)36-24-22-34(23-25-36)32-14-7-5-8-15-32/h3-28H,29,43H2,1-2H3/b4-3-,21-19+,33-13+,41-40+,44-42-. The summed E-state index contributed by atoms with van der Waals surface area (Å²) in [7, 11) is 0. The van der Waals surface area contributed by atoms with Gasteiger partial charge in [0, 0.05) is 12.0 Å². The normalized spacial score (nSPS) is 15.3. The van der Waals surface area contributed by atoms with Crippen molar-refractivity contribution in [2.45, 2.75) is 20.3 Å². The minimum atomic E-state index is 0.761. The van der Waals surface area contributed by atoms with Crippen LogP contribution >= 0.6 is 0 Å². The second-order valence-electron chi connectivity index (χ2n) is 11.1. The predicted octanol–water partition coefficient (Wildman–Crippen LogP) is 10.1. The van der Waals surface area contributed by atoms with Gasteiger partial charge in [-0.15, -0.1) is 0 Å². The van der Waals surface area contributed by atoms with Crippen molar-refractivity contribution in [2.75, 3.05) is 0 Å². The van der Waals surface area contributed by atoms with Crippen molar-refractivity contribution < 1.29 is 0 Å². The number of nitrogens with two attached hydrogens (primary N) is 1. The maximum Gasteiger partial charge on any atom is 0.0943 e. The average molecular weight is 569 g/mol. The Balaban J connectivity index is 1.39. The summed E-state index contributed by atoms with van der Waals surface area (Å²) >= 11 is 0. The Bertz CT molecular complexity index is 1920. The zero-order valence-electron chi connectivity index (χ0n) is 25.2. The summed E-state index contributed by atoms with van der Waals surface area (Å²) in [5.74, 6) is 6.12. The molecular weight excluding hydrogens is 532 g/mol. The molecule has 0 saturated carbocycles. The first-order chi connectivity index (χ1) is 21.6. The number of allylic oxidation sites excluding steroid dienone is 6. The molecule has 0 atom stereocenters. The number of hydrazone groups is 1. The third-order valence-electron chi connectivity index (χ3n) is 8.09. The second-order valence-corrected chi connectivity index (χ2v) is 11.1. The van der Waals surface area contributed by atoms with E-state index in [1.54, 1.807) is 0 Å². The summed E-state index contributed by atoms with van der Waals surface area (Å²) in [6.45, 7) is 4.17. The van der Waals surface area contributed by atoms with Crippen molar-refractivity contribution in [2.24, 2.45) is 10.9 Å². The molecule has 0 heterocycles. The Kier molecular flexibility index (Phi) is 8.61. The molecule has 2 nitrogen and oxygen atoms in total. The molecule has 2 heteroatoms. The van der Waals surface area contributed by atoms with Gasteiger partial charge in [0.2, 0.25) is 0 Å². The zero-order valence-corrected chi connectivity index (χ0v) is 25.2. The molecule has 0 radical (unpaired) electrons. The fourth-order valence-electron chi connectivity index (χ4n) is 5.92. The van der Waals surface area contributed by atoms with Crippen LogP contribution in [0.5, 0.6) is 0 Å². The van der Waals surface area contributed by atoms with Gasteiger partial charge in [0.15, 0.2) is 0 Å². The molecule has 214 valence electrons. The molecule has 0 amide bonds. The lowest BCUT2D eigenvalue weighted by atomic mass is 9.90. The van der Waals surface area contributed by atoms with Crippen LogP contribution < -0.4 is 5.84 Å². The third-order valence-corrected chi connectivity index (χ3v) is 8.09. The van der Waals surface area contributed by atoms with Crippen LogP contribution in [0, 0.1) is 6.92 Å². The second kappa shape index (κ2) is 13.2. The molecule has 0 saturated heterocycles. The molecule has 1 aliphatic carbocycles. The molecule has 2 N–H and O–H groups in total. The predicted molar refractivity (Wildman–Crippen MR) is 188 cm³/mol. The molecule has 0 unspecified atom stereocenters. The summed E-state index contributed by atoms with van der Waals surface area (Å²) in [5, 5.41) is 4.36. The van der Waals surface area contributed by atoms with Gasteiger partial charge >= 0.3 is 0 Å². The van der Waals surface area contributed by atoms with Gasteiger partial charge < -0.3 is 5.84 Å². The van der Waals surface area contributed by atoms with Crippen LogP contribution in [0.3, 0.4) is 0 Å². The fourth-order valence-corrected chi connectivity index (χ4v) is 5.92. The minimum absolute atomic E-state index is 0.761. The Hall–Kier alpha value is -5.47. The molecule has 5 aromatic rings. The molecule has 0 bridgehead atoms. The molecule has 5 aromatic carbocycles. The molecule has 0 aromatic heterocycles. The van der Waals surface area contributed by atoms with E-state index in [0.29, 0.717) is 0 Å². The Morgan fingerprint density at radius 2 is 1.39 bits per heavy atom. The Morgan fingerprint density at radius 3 is 2.09 bits per heavy atom. The average Bonchev–Trinajstić information content (AvgIpc) is 3.43. The van der Waals surface area contributed by atoms with E-state index >= 15 is 0 Å². The summed E-state index contributed by atoms with van der Waals surface area (Å²) in [4.78, 5) is 0. The van der Waals surface area contributed by atoms with Crippen LogP contribution in [0.25, 0.3) is 28.3 Å². The molecule has 44 heavy (non-hydrogen) atoms. The lowest BCUT2D eigenvalue weighted by Crippen LogP contribution is -2.06. The van der Waals surface area contributed by atoms with Gasteiger partial charge in [-0.25, -0.2) is 0 Å². The number of hydrogen-bond donors (Lipinski definition) is 1. The van der Waals surface area contributed by atoms with Gasteiger partial charge in [-0.1, -0.05) is 163 Å². The number of fused-ring (bicyclic) bond motifs is 1. The topological polar surface area (TPSA) is 38.4 Å². The van der Waals surface area contributed by atoms with Gasteiger partial charge in [-0.2, -0.15) is 5.10 Å². The zero-order chi connectivity index (χ0) is 30.3. The highest BCUT2D eigenvalue weighted by Gasteiger charge is 2.27. The van der Waals surface area contributed by atoms with Crippen LogP contribution in [-0.2, 0) is 6.42 Å². The highest BCUT2D eigenvalue weighted by Crippen LogP contribution is 2.37. The summed E-state index contributed by atoms with van der Waals surface area (Å²) < 4.78 is 0. The van der Waals surface area contributed by atoms with Gasteiger partial charge in [-0.3, -0.25) is 0 Å². The number of rotatable bonds is 7. The van der Waals surface area contributed by atoms with E-state index in [1.807, 2.05) is 13.0 Å². The van der Waals surface area contributed by atoms with Crippen molar-refractivity contribution in [1.82, 2.24) is 0 Å². The SMILES string of the molecule is C\C=C/C=C(\C=C\c1ccc2c(c1)CC(=C(/c1ccccc1)c1ccc(-c3ccccc3)cc1)/C2=N\N)c1cccc(C)c1. The van der Waals surface area contributed by atoms with Gasteiger partial charge in [0.25, 0.3) is 0 Å². The van der Waals surface area contributed by atoms with Crippen LogP contribution in [0.15, 0.2) is 162 Å². The van der Waals surface area contributed by atoms with Crippen LogP contribution in [0.1, 0.15) is 45.9 Å². The number of benzene rings is 5. The fraction of sp³-hybridized carbons (Fsp3) is 0.0714. The van der Waals surface area contributed by atoms with E-state index in [2.05, 4.69) is 164 Å². The maximum absolute atomic E-state index is 6.12. The molecule has 0 fully saturated rings. The first-order valence-corrected chi connectivity index (χ1v) is 15.1. The number of nitrogens with zero attached hydrogens (tertiary/aromatic N) is 1. The van der Waals surface area contributed by atoms with E-state index in [1.165, 1.54) is 39.0 Å². The van der Waals surface area contributed by atoms with E-state index < -0.39 is 0 Å². The molecule has 1 aliphatic rings. The van der Waals surface area contributed by atoms with Gasteiger partial charge in [0.05, 0.1) is 5.71 Å². The first-order valence-electron chi connectivity index (χ1n) is 15.1. The smallest absolute Gasteiger partial charge is 0.0943 e. The molecule has 0 spiro atoms. The van der Waals surface area contributed by atoms with Crippen molar-refractivity contribution in [3.63, 3.8) is 0 Å². The Labute approximate surface area is 260 Å². The summed E-state index contributed by atoms with van der Waals surface area (Å²) in [6, 6.07) is 45.1. The largest absolute Gasteiger partial charge is 0.323 e. The van der Waals surface area contributed by atoms with E-state index in [-0.39, 0.29) is 0 Å². The highest BCUT2D eigenvalue weighted by atomic mass is 15.1. The molecule has 6 rings (SSSR count). The minimum Gasteiger partial charge on any atom is -0.323 e. The summed E-state index contributed by atoms with van der Waals surface area (Å²) in [6.07, 6.45) is 11.5. The van der Waals surface area contributed by atoms with Crippen LogP contribution in [-0.4, -0.2) is 5.71 Å². The van der Waals surface area contributed by atoms with E-state index in [9.17, 15) is 0 Å². The van der Waals surface area contributed by atoms with Gasteiger partial charge in [0.1, 0.15) is 0 Å². The third kappa shape index (κ3) is 6.16. The maximum atomic E-state index is 6.12. The van der Waals surface area contributed by atoms with Crippen molar-refractivity contribution >= 4 is 22.9 Å². The molecular formula is C42H36N2. The Morgan fingerprint density at radius 1 is 0.705 bits per heavy atom. The number of hydrogen-bond acceptors (Lipinski definition) is 2. The summed E-state index contributed by atoms with van der Waals surface area (Å²) in [5.41, 5.74) is 15.0. The first kappa shape index (κ1) is 28.6. The van der Waals surface area contributed by atoms with Crippen LogP contribution in [0.4, 0.5) is 0 Å².